The van der Waals surface area contributed by atoms with Crippen molar-refractivity contribution in [1.82, 2.24) is 14.8 Å². The highest BCUT2D eigenvalue weighted by Crippen LogP contribution is 2.28. The molecule has 4 nitrogen and oxygen atoms in total. The highest BCUT2D eigenvalue weighted by atomic mass is 19.4. The number of rotatable bonds is 2. The summed E-state index contributed by atoms with van der Waals surface area (Å²) in [6.07, 6.45) is -3.59. The molecule has 0 saturated carbocycles. The quantitative estimate of drug-likeness (QED) is 0.911. The molecule has 0 unspecified atom stereocenters. The van der Waals surface area contributed by atoms with E-state index >= 15 is 0 Å². The van der Waals surface area contributed by atoms with Crippen molar-refractivity contribution in [1.29, 1.82) is 0 Å². The van der Waals surface area contributed by atoms with E-state index in [2.05, 4.69) is 10.1 Å². The zero-order chi connectivity index (χ0) is 14.2. The fourth-order valence-electron chi connectivity index (χ4n) is 1.87. The van der Waals surface area contributed by atoms with Gasteiger partial charge in [0.15, 0.2) is 5.82 Å². The molecule has 2 aromatic heterocycles. The minimum Gasteiger partial charge on any atom is -0.326 e. The standard InChI is InChI=1S/C12H13F3N4/c1-7-10(5-16)8(2)19(18-7)11-4-3-9(6-17-11)12(13,14)15/h3-4,6H,5,16H2,1-2H3. The molecule has 2 aromatic rings. The molecular weight excluding hydrogens is 257 g/mol. The summed E-state index contributed by atoms with van der Waals surface area (Å²) in [5, 5.41) is 4.24. The van der Waals surface area contributed by atoms with Gasteiger partial charge in [-0.2, -0.15) is 18.3 Å². The van der Waals surface area contributed by atoms with Gasteiger partial charge in [-0.05, 0) is 26.0 Å². The van der Waals surface area contributed by atoms with Gasteiger partial charge in [-0.15, -0.1) is 0 Å². The first kappa shape index (κ1) is 13.5. The van der Waals surface area contributed by atoms with Crippen molar-refractivity contribution in [2.45, 2.75) is 26.6 Å². The Labute approximate surface area is 108 Å². The van der Waals surface area contributed by atoms with Crippen LogP contribution in [0, 0.1) is 13.8 Å². The van der Waals surface area contributed by atoms with Crippen LogP contribution in [0.2, 0.25) is 0 Å². The summed E-state index contributed by atoms with van der Waals surface area (Å²) in [5.74, 6) is 0.341. The van der Waals surface area contributed by atoms with Crippen molar-refractivity contribution < 1.29 is 13.2 Å². The first-order valence-electron chi connectivity index (χ1n) is 5.63. The normalized spacial score (nSPS) is 11.9. The Kier molecular flexibility index (Phi) is 3.32. The van der Waals surface area contributed by atoms with Gasteiger partial charge in [-0.3, -0.25) is 0 Å². The Balaban J connectivity index is 2.43. The Hall–Kier alpha value is -1.89. The highest BCUT2D eigenvalue weighted by Gasteiger charge is 2.30. The first-order chi connectivity index (χ1) is 8.84. The molecule has 7 heteroatoms. The third kappa shape index (κ3) is 2.46. The van der Waals surface area contributed by atoms with Crippen LogP contribution < -0.4 is 5.73 Å². The van der Waals surface area contributed by atoms with Crippen LogP contribution in [0.3, 0.4) is 0 Å². The third-order valence-corrected chi connectivity index (χ3v) is 2.94. The molecule has 0 atom stereocenters. The SMILES string of the molecule is Cc1nn(-c2ccc(C(F)(F)F)cn2)c(C)c1CN. The number of pyridine rings is 1. The van der Waals surface area contributed by atoms with Crippen LogP contribution in [0.5, 0.6) is 0 Å². The summed E-state index contributed by atoms with van der Waals surface area (Å²) < 4.78 is 38.8. The summed E-state index contributed by atoms with van der Waals surface area (Å²) in [7, 11) is 0. The van der Waals surface area contributed by atoms with Gasteiger partial charge >= 0.3 is 6.18 Å². The van der Waals surface area contributed by atoms with Crippen LogP contribution in [0.15, 0.2) is 18.3 Å². The molecule has 0 aliphatic heterocycles. The van der Waals surface area contributed by atoms with Gasteiger partial charge in [-0.25, -0.2) is 9.67 Å². The van der Waals surface area contributed by atoms with Crippen molar-refractivity contribution in [2.75, 3.05) is 0 Å². The molecule has 0 aliphatic carbocycles. The van der Waals surface area contributed by atoms with Gasteiger partial charge in [0, 0.05) is 24.0 Å². The summed E-state index contributed by atoms with van der Waals surface area (Å²) >= 11 is 0. The van der Waals surface area contributed by atoms with Gasteiger partial charge < -0.3 is 5.73 Å². The summed E-state index contributed by atoms with van der Waals surface area (Å²) in [4.78, 5) is 3.80. The van der Waals surface area contributed by atoms with Crippen LogP contribution in [-0.2, 0) is 12.7 Å². The molecule has 0 saturated heterocycles. The van der Waals surface area contributed by atoms with E-state index in [0.717, 1.165) is 29.2 Å². The van der Waals surface area contributed by atoms with E-state index in [0.29, 0.717) is 12.4 Å². The van der Waals surface area contributed by atoms with E-state index < -0.39 is 11.7 Å². The molecule has 19 heavy (non-hydrogen) atoms. The summed E-state index contributed by atoms with van der Waals surface area (Å²) in [6.45, 7) is 3.94. The van der Waals surface area contributed by atoms with E-state index in [1.54, 1.807) is 6.92 Å². The molecule has 0 fully saturated rings. The largest absolute Gasteiger partial charge is 0.417 e. The molecule has 102 valence electrons. The lowest BCUT2D eigenvalue weighted by atomic mass is 10.2. The van der Waals surface area contributed by atoms with Crippen LogP contribution in [0.25, 0.3) is 5.82 Å². The zero-order valence-corrected chi connectivity index (χ0v) is 10.5. The maximum Gasteiger partial charge on any atom is 0.417 e. The number of hydrogen-bond acceptors (Lipinski definition) is 3. The molecule has 0 bridgehead atoms. The summed E-state index contributed by atoms with van der Waals surface area (Å²) in [6, 6.07) is 2.28. The van der Waals surface area contributed by atoms with Crippen molar-refractivity contribution in [3.8, 4) is 5.82 Å². The predicted molar refractivity (Wildman–Crippen MR) is 63.7 cm³/mol. The maximum absolute atomic E-state index is 12.4. The molecule has 2 heterocycles. The number of nitrogens with two attached hydrogens (primary N) is 1. The molecule has 0 radical (unpaired) electrons. The zero-order valence-electron chi connectivity index (χ0n) is 10.5. The van der Waals surface area contributed by atoms with Crippen molar-refractivity contribution in [3.63, 3.8) is 0 Å². The second-order valence-electron chi connectivity index (χ2n) is 4.17. The average Bonchev–Trinajstić information content (AvgIpc) is 2.63. The number of alkyl halides is 3. The lowest BCUT2D eigenvalue weighted by Gasteiger charge is -2.08. The lowest BCUT2D eigenvalue weighted by Crippen LogP contribution is -2.08. The lowest BCUT2D eigenvalue weighted by molar-refractivity contribution is -0.137. The summed E-state index contributed by atoms with van der Waals surface area (Å²) in [5.41, 5.74) is 7.23. The molecule has 2 rings (SSSR count). The number of hydrogen-bond donors (Lipinski definition) is 1. The van der Waals surface area contributed by atoms with Crippen LogP contribution in [0.1, 0.15) is 22.5 Å². The molecule has 0 amide bonds. The molecule has 0 aromatic carbocycles. The number of halogens is 3. The maximum atomic E-state index is 12.4. The minimum atomic E-state index is -4.39. The van der Waals surface area contributed by atoms with E-state index in [-0.39, 0.29) is 0 Å². The number of aryl methyl sites for hydroxylation is 1. The topological polar surface area (TPSA) is 56.7 Å². The van der Waals surface area contributed by atoms with E-state index in [1.165, 1.54) is 10.7 Å². The molecule has 2 N–H and O–H groups in total. The molecule has 0 spiro atoms. The Morgan fingerprint density at radius 3 is 2.37 bits per heavy atom. The molecular formula is C12H13F3N4. The Morgan fingerprint density at radius 2 is 1.95 bits per heavy atom. The second kappa shape index (κ2) is 4.65. The van der Waals surface area contributed by atoms with E-state index in [1.807, 2.05) is 6.92 Å². The fourth-order valence-corrected chi connectivity index (χ4v) is 1.87. The third-order valence-electron chi connectivity index (χ3n) is 2.94. The fraction of sp³-hybridized carbons (Fsp3) is 0.333. The number of aromatic nitrogens is 3. The smallest absolute Gasteiger partial charge is 0.326 e. The van der Waals surface area contributed by atoms with Crippen molar-refractivity contribution in [2.24, 2.45) is 5.73 Å². The average molecular weight is 270 g/mol. The first-order valence-corrected chi connectivity index (χ1v) is 5.63. The molecule has 0 aliphatic rings. The van der Waals surface area contributed by atoms with Crippen LogP contribution in [0.4, 0.5) is 13.2 Å². The number of nitrogens with zero attached hydrogens (tertiary/aromatic N) is 3. The second-order valence-corrected chi connectivity index (χ2v) is 4.17. The van der Waals surface area contributed by atoms with Crippen molar-refractivity contribution >= 4 is 0 Å². The van der Waals surface area contributed by atoms with Crippen molar-refractivity contribution in [3.05, 3.63) is 40.8 Å². The van der Waals surface area contributed by atoms with Gasteiger partial charge in [0.05, 0.1) is 11.3 Å². The predicted octanol–water partition coefficient (Wildman–Crippen LogP) is 2.36. The Morgan fingerprint density at radius 1 is 1.26 bits per heavy atom. The van der Waals surface area contributed by atoms with E-state index in [9.17, 15) is 13.2 Å². The van der Waals surface area contributed by atoms with Crippen LogP contribution >= 0.6 is 0 Å². The highest BCUT2D eigenvalue weighted by molar-refractivity contribution is 5.33. The monoisotopic (exact) mass is 270 g/mol. The Bertz CT molecular complexity index is 584. The van der Waals surface area contributed by atoms with Gasteiger partial charge in [-0.1, -0.05) is 0 Å². The van der Waals surface area contributed by atoms with Gasteiger partial charge in [0.2, 0.25) is 0 Å². The minimum absolute atomic E-state index is 0.332. The van der Waals surface area contributed by atoms with Gasteiger partial charge in [0.25, 0.3) is 0 Å². The van der Waals surface area contributed by atoms with E-state index in [4.69, 9.17) is 5.73 Å². The van der Waals surface area contributed by atoms with Crippen LogP contribution in [-0.4, -0.2) is 14.8 Å². The van der Waals surface area contributed by atoms with Gasteiger partial charge in [0.1, 0.15) is 0 Å².